The fourth-order valence-corrected chi connectivity index (χ4v) is 7.34. The average Bonchev–Trinajstić information content (AvgIpc) is 3.22. The van der Waals surface area contributed by atoms with Gasteiger partial charge in [-0.2, -0.15) is 11.8 Å². The van der Waals surface area contributed by atoms with E-state index in [1.54, 1.807) is 43.3 Å². The second-order valence-corrected chi connectivity index (χ2v) is 16.3. The number of carbonyl (C=O) groups is 6. The van der Waals surface area contributed by atoms with E-state index >= 15 is 0 Å². The summed E-state index contributed by atoms with van der Waals surface area (Å²) in [6.07, 6.45) is 9.90. The minimum Gasteiger partial charge on any atom is -0.492 e. The number of hydrogen-bond acceptors (Lipinski definition) is 11. The number of unbranched alkanes of at least 4 members (excludes halogenated alkanes) is 6. The van der Waals surface area contributed by atoms with Crippen molar-refractivity contribution in [2.75, 3.05) is 45.4 Å². The quantitative estimate of drug-likeness (QED) is 0.0888. The zero-order chi connectivity index (χ0) is 44.2. The number of benzene rings is 2. The van der Waals surface area contributed by atoms with Crippen molar-refractivity contribution in [1.82, 2.24) is 26.2 Å². The Labute approximate surface area is 359 Å². The third-order valence-corrected chi connectivity index (χ3v) is 11.1. The molecule has 2 aromatic carbocycles. The van der Waals surface area contributed by atoms with E-state index in [4.69, 9.17) is 20.9 Å². The van der Waals surface area contributed by atoms with Gasteiger partial charge < -0.3 is 47.1 Å². The number of ketones is 1. The number of fused-ring (bicyclic) bond motifs is 5. The van der Waals surface area contributed by atoms with Crippen LogP contribution in [0.15, 0.2) is 36.4 Å². The van der Waals surface area contributed by atoms with Crippen molar-refractivity contribution >= 4 is 47.1 Å². The lowest BCUT2D eigenvalue weighted by atomic mass is 9.93. The molecule has 16 heteroatoms. The fourth-order valence-electron chi connectivity index (χ4n) is 6.87. The second-order valence-electron chi connectivity index (χ2n) is 15.3. The molecule has 0 spiro atoms. The maximum Gasteiger partial charge on any atom is 0.248 e. The smallest absolute Gasteiger partial charge is 0.248 e. The number of amides is 5. The normalized spacial score (nSPS) is 17.6. The molecular formula is C44H67N7O8S. The molecule has 0 radical (unpaired) electrons. The number of thioether (sulfide) groups is 1. The summed E-state index contributed by atoms with van der Waals surface area (Å²) in [5, 5.41) is 11.1. The van der Waals surface area contributed by atoms with Gasteiger partial charge in [0.15, 0.2) is 5.78 Å². The van der Waals surface area contributed by atoms with Gasteiger partial charge in [-0.1, -0.05) is 57.6 Å². The molecule has 5 atom stereocenters. The molecule has 0 aromatic heterocycles. The molecule has 1 heterocycles. The van der Waals surface area contributed by atoms with Crippen molar-refractivity contribution in [3.8, 4) is 22.6 Å². The van der Waals surface area contributed by atoms with Crippen molar-refractivity contribution in [3.05, 3.63) is 47.5 Å². The molecule has 1 aliphatic heterocycles. The number of rotatable bonds is 23. The molecule has 2 aromatic rings. The highest BCUT2D eigenvalue weighted by Gasteiger charge is 2.36. The summed E-state index contributed by atoms with van der Waals surface area (Å²) in [4.78, 5) is 83.0. The van der Waals surface area contributed by atoms with Gasteiger partial charge in [0.25, 0.3) is 0 Å². The SMILES string of the molecule is CCCCCCCCCC(=O)N[C@@H](CCSC)C(=O)N(C)[C@@H]1C(=O)N[C@@H](C)C(=O)N[C@H](C(=O)N[C@@H](C)C(C)=O)Cc2ccc(OCCN)c(c2)-c2cc1ccc2OCCN. The summed E-state index contributed by atoms with van der Waals surface area (Å²) in [5.74, 6) is -1.48. The molecule has 4 bridgehead atoms. The van der Waals surface area contributed by atoms with E-state index in [2.05, 4.69) is 28.2 Å². The lowest BCUT2D eigenvalue weighted by Gasteiger charge is -2.32. The summed E-state index contributed by atoms with van der Waals surface area (Å²) < 4.78 is 12.2. The average molecular weight is 854 g/mol. The van der Waals surface area contributed by atoms with E-state index in [1.165, 1.54) is 50.4 Å². The van der Waals surface area contributed by atoms with Gasteiger partial charge in [0.1, 0.15) is 48.9 Å². The highest BCUT2D eigenvalue weighted by Crippen LogP contribution is 2.40. The van der Waals surface area contributed by atoms with E-state index in [-0.39, 0.29) is 50.8 Å². The monoisotopic (exact) mass is 853 g/mol. The molecule has 60 heavy (non-hydrogen) atoms. The number of nitrogens with one attached hydrogen (secondary N) is 4. The van der Waals surface area contributed by atoms with Crippen LogP contribution in [0.25, 0.3) is 11.1 Å². The first-order chi connectivity index (χ1) is 28.8. The second kappa shape index (κ2) is 25.8. The number of nitrogens with zero attached hydrogens (tertiary/aromatic N) is 1. The van der Waals surface area contributed by atoms with E-state index in [9.17, 15) is 28.8 Å². The van der Waals surface area contributed by atoms with Crippen LogP contribution in [0.4, 0.5) is 0 Å². The molecule has 0 unspecified atom stereocenters. The fraction of sp³-hybridized carbons (Fsp3) is 0.591. The maximum atomic E-state index is 14.5. The minimum atomic E-state index is -1.29. The van der Waals surface area contributed by atoms with Gasteiger partial charge in [-0.3, -0.25) is 28.8 Å². The zero-order valence-electron chi connectivity index (χ0n) is 36.2. The third-order valence-electron chi connectivity index (χ3n) is 10.4. The molecule has 3 rings (SSSR count). The Balaban J connectivity index is 2.15. The van der Waals surface area contributed by atoms with Gasteiger partial charge in [0.05, 0.1) is 6.04 Å². The number of ether oxygens (including phenoxy) is 2. The molecule has 0 saturated heterocycles. The minimum absolute atomic E-state index is 0.0215. The summed E-state index contributed by atoms with van der Waals surface area (Å²) in [7, 11) is 1.50. The summed E-state index contributed by atoms with van der Waals surface area (Å²) in [6, 6.07) is 5.08. The van der Waals surface area contributed by atoms with Gasteiger partial charge in [-0.15, -0.1) is 0 Å². The van der Waals surface area contributed by atoms with Crippen molar-refractivity contribution in [1.29, 1.82) is 0 Å². The van der Waals surface area contributed by atoms with Crippen LogP contribution >= 0.6 is 11.8 Å². The van der Waals surface area contributed by atoms with Crippen molar-refractivity contribution in [2.45, 2.75) is 122 Å². The highest BCUT2D eigenvalue weighted by molar-refractivity contribution is 7.98. The van der Waals surface area contributed by atoms with Gasteiger partial charge in [0, 0.05) is 44.1 Å². The Kier molecular flexibility index (Phi) is 21.4. The molecule has 0 aliphatic carbocycles. The van der Waals surface area contributed by atoms with Crippen molar-refractivity contribution < 1.29 is 38.2 Å². The van der Waals surface area contributed by atoms with Crippen LogP contribution in [0.1, 0.15) is 103 Å². The van der Waals surface area contributed by atoms with Crippen LogP contribution in [0.2, 0.25) is 0 Å². The Morgan fingerprint density at radius 2 is 1.50 bits per heavy atom. The van der Waals surface area contributed by atoms with Gasteiger partial charge in [-0.05, 0) is 81.0 Å². The Morgan fingerprint density at radius 3 is 2.12 bits per heavy atom. The van der Waals surface area contributed by atoms with E-state index in [1.807, 2.05) is 6.26 Å². The van der Waals surface area contributed by atoms with Crippen LogP contribution in [-0.2, 0) is 35.2 Å². The third kappa shape index (κ3) is 15.1. The number of nitrogens with two attached hydrogens (primary N) is 2. The lowest BCUT2D eigenvalue weighted by Crippen LogP contribution is -2.56. The van der Waals surface area contributed by atoms with E-state index in [0.29, 0.717) is 52.3 Å². The highest BCUT2D eigenvalue weighted by atomic mass is 32.2. The zero-order valence-corrected chi connectivity index (χ0v) is 37.1. The first-order valence-corrected chi connectivity index (χ1v) is 22.5. The van der Waals surface area contributed by atoms with Crippen LogP contribution in [0.3, 0.4) is 0 Å². The van der Waals surface area contributed by atoms with Gasteiger partial charge in [-0.25, -0.2) is 0 Å². The first-order valence-electron chi connectivity index (χ1n) is 21.2. The van der Waals surface area contributed by atoms with E-state index < -0.39 is 53.8 Å². The van der Waals surface area contributed by atoms with Gasteiger partial charge in [0.2, 0.25) is 29.5 Å². The molecule has 332 valence electrons. The molecule has 5 amide bonds. The van der Waals surface area contributed by atoms with Crippen molar-refractivity contribution in [3.63, 3.8) is 0 Å². The predicted molar refractivity (Wildman–Crippen MR) is 236 cm³/mol. The Morgan fingerprint density at radius 1 is 0.883 bits per heavy atom. The molecule has 8 N–H and O–H groups in total. The van der Waals surface area contributed by atoms with Crippen LogP contribution in [0.5, 0.6) is 11.5 Å². The number of carbonyl (C=O) groups excluding carboxylic acids is 6. The molecular weight excluding hydrogens is 787 g/mol. The number of hydrogen-bond donors (Lipinski definition) is 6. The standard InChI is InChI=1S/C44H67N7O8S/c1-7-8-9-10-11-12-13-14-39(53)49-35(19-24-60-6)44(57)51(5)40-32-16-18-38(59-23-21-46)34(27-32)33-25-31(15-17-37(33)58-22-20-45)26-36(42(55)47-28(2)30(4)52)50-41(54)29(3)48-43(40)56/h15-18,25,27-29,35-36,40H,7-14,19-24,26,45-46H2,1-6H3,(H,47,55)(H,48,56)(H,49,53)(H,50,54)/t28-,29-,35-,36-,40-/m0/s1. The molecule has 0 saturated carbocycles. The summed E-state index contributed by atoms with van der Waals surface area (Å²) in [6.45, 7) is 7.35. The van der Waals surface area contributed by atoms with Gasteiger partial charge >= 0.3 is 0 Å². The van der Waals surface area contributed by atoms with E-state index in [0.717, 1.165) is 25.7 Å². The Bertz CT molecular complexity index is 1760. The molecule has 1 aliphatic rings. The number of likely N-dealkylation sites (N-methyl/N-ethyl adjacent to an activating group) is 1. The first kappa shape index (κ1) is 49.7. The van der Waals surface area contributed by atoms with Crippen LogP contribution < -0.4 is 42.2 Å². The number of Topliss-reactive ketones (excluding diaryl/α,β-unsaturated/α-hetero) is 1. The van der Waals surface area contributed by atoms with Crippen LogP contribution in [0, 0.1) is 0 Å². The van der Waals surface area contributed by atoms with Crippen LogP contribution in [-0.4, -0.2) is 110 Å². The van der Waals surface area contributed by atoms with Crippen molar-refractivity contribution in [2.24, 2.45) is 11.5 Å². The lowest BCUT2D eigenvalue weighted by molar-refractivity contribution is -0.143. The molecule has 15 nitrogen and oxygen atoms in total. The Hall–Kier alpha value is -4.67. The largest absolute Gasteiger partial charge is 0.492 e. The summed E-state index contributed by atoms with van der Waals surface area (Å²) >= 11 is 1.54. The topological polar surface area (TPSA) is 224 Å². The predicted octanol–water partition coefficient (Wildman–Crippen LogP) is 3.55. The summed E-state index contributed by atoms with van der Waals surface area (Å²) in [5.41, 5.74) is 13.7. The maximum absolute atomic E-state index is 14.5. The molecule has 0 fully saturated rings.